The van der Waals surface area contributed by atoms with Crippen molar-refractivity contribution in [1.29, 1.82) is 5.26 Å². The lowest BCUT2D eigenvalue weighted by Gasteiger charge is -2.25. The van der Waals surface area contributed by atoms with Gasteiger partial charge in [-0.1, -0.05) is 13.3 Å². The zero-order valence-electron chi connectivity index (χ0n) is 12.1. The Morgan fingerprint density at radius 3 is 2.90 bits per heavy atom. The van der Waals surface area contributed by atoms with Gasteiger partial charge in [-0.3, -0.25) is 4.79 Å². The maximum absolute atomic E-state index is 11.8. The van der Waals surface area contributed by atoms with E-state index in [1.54, 1.807) is 18.2 Å². The van der Waals surface area contributed by atoms with Crippen LogP contribution in [-0.4, -0.2) is 12.3 Å². The molecule has 4 nitrogen and oxygen atoms in total. The van der Waals surface area contributed by atoms with Gasteiger partial charge in [0.05, 0.1) is 17.0 Å². The largest absolute Gasteiger partial charge is 0.454 e. The van der Waals surface area contributed by atoms with Gasteiger partial charge in [0.2, 0.25) is 0 Å². The Labute approximate surface area is 119 Å². The zero-order valence-corrected chi connectivity index (χ0v) is 12.1. The normalized spacial score (nSPS) is 18.8. The van der Waals surface area contributed by atoms with E-state index in [0.717, 1.165) is 18.4 Å². The summed E-state index contributed by atoms with van der Waals surface area (Å²) in [6.07, 6.45) is 1.55. The van der Waals surface area contributed by atoms with Gasteiger partial charge in [-0.2, -0.15) is 5.26 Å². The summed E-state index contributed by atoms with van der Waals surface area (Å²) in [5.74, 6) is 0.445. The summed E-state index contributed by atoms with van der Waals surface area (Å²) in [7, 11) is 0. The van der Waals surface area contributed by atoms with Crippen LogP contribution in [0.2, 0.25) is 0 Å². The van der Waals surface area contributed by atoms with Gasteiger partial charge in [0.1, 0.15) is 5.75 Å². The fourth-order valence-corrected chi connectivity index (χ4v) is 2.27. The Kier molecular flexibility index (Phi) is 3.99. The average Bonchev–Trinajstić information content (AvgIpc) is 2.67. The predicted molar refractivity (Wildman–Crippen MR) is 74.2 cm³/mol. The van der Waals surface area contributed by atoms with Gasteiger partial charge >= 0.3 is 5.97 Å². The van der Waals surface area contributed by atoms with E-state index in [0.29, 0.717) is 17.7 Å². The summed E-state index contributed by atoms with van der Waals surface area (Å²) >= 11 is 0. The smallest absolute Gasteiger partial charge is 0.308 e. The molecule has 0 bridgehead atoms. The van der Waals surface area contributed by atoms with E-state index in [2.05, 4.69) is 6.07 Å². The maximum atomic E-state index is 11.8. The zero-order chi connectivity index (χ0) is 14.8. The van der Waals surface area contributed by atoms with Gasteiger partial charge in [-0.15, -0.1) is 0 Å². The summed E-state index contributed by atoms with van der Waals surface area (Å²) in [5.41, 5.74) is 1.03. The number of nitrogens with zero attached hydrogens (tertiary/aromatic N) is 1. The maximum Gasteiger partial charge on any atom is 0.308 e. The van der Waals surface area contributed by atoms with Crippen molar-refractivity contribution in [3.8, 4) is 11.8 Å². The average molecular weight is 273 g/mol. The summed E-state index contributed by atoms with van der Waals surface area (Å²) < 4.78 is 11.2. The van der Waals surface area contributed by atoms with Crippen molar-refractivity contribution >= 4 is 5.97 Å². The van der Waals surface area contributed by atoms with Crippen molar-refractivity contribution in [3.63, 3.8) is 0 Å². The van der Waals surface area contributed by atoms with Crippen molar-refractivity contribution in [1.82, 2.24) is 0 Å². The Morgan fingerprint density at radius 2 is 2.25 bits per heavy atom. The van der Waals surface area contributed by atoms with Crippen LogP contribution in [0.5, 0.6) is 5.75 Å². The van der Waals surface area contributed by atoms with Crippen molar-refractivity contribution in [3.05, 3.63) is 29.3 Å². The van der Waals surface area contributed by atoms with Gasteiger partial charge in [-0.05, 0) is 38.5 Å². The molecule has 0 spiro atoms. The molecule has 1 heterocycles. The van der Waals surface area contributed by atoms with Crippen molar-refractivity contribution in [2.45, 2.75) is 51.7 Å². The minimum absolute atomic E-state index is 0.238. The molecule has 0 aliphatic carbocycles. The fraction of sp³-hybridized carbons (Fsp3) is 0.500. The first-order valence-corrected chi connectivity index (χ1v) is 6.89. The fourth-order valence-electron chi connectivity index (χ4n) is 2.27. The van der Waals surface area contributed by atoms with E-state index in [9.17, 15) is 4.79 Å². The van der Waals surface area contributed by atoms with Crippen molar-refractivity contribution < 1.29 is 14.3 Å². The summed E-state index contributed by atoms with van der Waals surface area (Å²) in [4.78, 5) is 11.8. The van der Waals surface area contributed by atoms with Crippen LogP contribution in [0.25, 0.3) is 0 Å². The topological polar surface area (TPSA) is 59.3 Å². The highest BCUT2D eigenvalue weighted by Crippen LogP contribution is 2.43. The lowest BCUT2D eigenvalue weighted by atomic mass is 9.84. The van der Waals surface area contributed by atoms with E-state index >= 15 is 0 Å². The summed E-state index contributed by atoms with van der Waals surface area (Å²) in [6.45, 7) is 5.94. The number of carbonyl (C=O) groups is 1. The molecule has 1 aliphatic rings. The molecular weight excluding hydrogens is 254 g/mol. The molecule has 1 atom stereocenters. The highest BCUT2D eigenvalue weighted by molar-refractivity contribution is 5.69. The lowest BCUT2D eigenvalue weighted by molar-refractivity contribution is -0.168. The molecule has 0 fully saturated rings. The molecule has 1 aromatic rings. The number of ether oxygens (including phenoxy) is 2. The molecular formula is C16H19NO3. The first-order valence-electron chi connectivity index (χ1n) is 6.89. The van der Waals surface area contributed by atoms with Crippen LogP contribution in [0.3, 0.4) is 0 Å². The Bertz CT molecular complexity index is 557. The van der Waals surface area contributed by atoms with Crippen LogP contribution in [0.15, 0.2) is 18.2 Å². The number of carbonyl (C=O) groups excluding carboxylic acids is 1. The first kappa shape index (κ1) is 14.4. The van der Waals surface area contributed by atoms with E-state index in [4.69, 9.17) is 14.7 Å². The molecule has 0 radical (unpaired) electrons. The first-order chi connectivity index (χ1) is 9.48. The summed E-state index contributed by atoms with van der Waals surface area (Å²) in [6, 6.07) is 7.38. The Morgan fingerprint density at radius 1 is 1.50 bits per heavy atom. The predicted octanol–water partition coefficient (Wildman–Crippen LogP) is 3.29. The third-order valence-electron chi connectivity index (χ3n) is 3.60. The van der Waals surface area contributed by atoms with Gasteiger partial charge in [0.15, 0.2) is 0 Å². The molecule has 0 aromatic heterocycles. The molecule has 0 N–H and O–H groups in total. The number of hydrogen-bond donors (Lipinski definition) is 0. The van der Waals surface area contributed by atoms with E-state index < -0.39 is 11.7 Å². The van der Waals surface area contributed by atoms with Gasteiger partial charge in [0, 0.05) is 12.0 Å². The van der Waals surface area contributed by atoms with Crippen LogP contribution in [0.4, 0.5) is 0 Å². The number of esters is 1. The molecule has 0 saturated carbocycles. The molecule has 2 rings (SSSR count). The second-order valence-corrected chi connectivity index (χ2v) is 5.59. The number of nitriles is 1. The van der Waals surface area contributed by atoms with Crippen molar-refractivity contribution in [2.24, 2.45) is 0 Å². The molecule has 0 amide bonds. The molecule has 4 heteroatoms. The standard InChI is InChI=1S/C16H19NO3/c1-4-5-6-14(18)20-15-16(2,3)12-9-11(10-17)7-8-13(12)19-15/h7-9,15H,4-6H2,1-3H3. The molecule has 1 aromatic carbocycles. The highest BCUT2D eigenvalue weighted by Gasteiger charge is 2.44. The quantitative estimate of drug-likeness (QED) is 0.790. The van der Waals surface area contributed by atoms with Crippen LogP contribution in [-0.2, 0) is 14.9 Å². The van der Waals surface area contributed by atoms with E-state index in [1.165, 1.54) is 0 Å². The number of rotatable bonds is 4. The minimum atomic E-state index is -0.629. The summed E-state index contributed by atoms with van der Waals surface area (Å²) in [5, 5.41) is 8.97. The van der Waals surface area contributed by atoms with Crippen molar-refractivity contribution in [2.75, 3.05) is 0 Å². The highest BCUT2D eigenvalue weighted by atomic mass is 16.7. The van der Waals surface area contributed by atoms with Crippen LogP contribution >= 0.6 is 0 Å². The lowest BCUT2D eigenvalue weighted by Crippen LogP contribution is -2.36. The number of hydrogen-bond acceptors (Lipinski definition) is 4. The van der Waals surface area contributed by atoms with Gasteiger partial charge in [0.25, 0.3) is 6.29 Å². The number of unbranched alkanes of at least 4 members (excludes halogenated alkanes) is 1. The van der Waals surface area contributed by atoms with Crippen LogP contribution in [0, 0.1) is 11.3 Å². The van der Waals surface area contributed by atoms with Gasteiger partial charge in [-0.25, -0.2) is 0 Å². The number of fused-ring (bicyclic) bond motifs is 1. The monoisotopic (exact) mass is 273 g/mol. The van der Waals surface area contributed by atoms with E-state index in [1.807, 2.05) is 20.8 Å². The third kappa shape index (κ3) is 2.62. The van der Waals surface area contributed by atoms with Crippen LogP contribution < -0.4 is 4.74 Å². The number of benzene rings is 1. The second-order valence-electron chi connectivity index (χ2n) is 5.59. The Hall–Kier alpha value is -2.02. The Balaban J connectivity index is 2.16. The SMILES string of the molecule is CCCCC(=O)OC1Oc2ccc(C#N)cc2C1(C)C. The second kappa shape index (κ2) is 5.54. The minimum Gasteiger partial charge on any atom is -0.454 e. The molecule has 0 saturated heterocycles. The third-order valence-corrected chi connectivity index (χ3v) is 3.60. The molecule has 20 heavy (non-hydrogen) atoms. The molecule has 1 aliphatic heterocycles. The van der Waals surface area contributed by atoms with Crippen LogP contribution in [0.1, 0.15) is 51.2 Å². The molecule has 106 valence electrons. The van der Waals surface area contributed by atoms with E-state index in [-0.39, 0.29) is 5.97 Å². The van der Waals surface area contributed by atoms with Gasteiger partial charge < -0.3 is 9.47 Å². The molecule has 1 unspecified atom stereocenters.